The Morgan fingerprint density at radius 1 is 1.33 bits per heavy atom. The molecule has 3 heteroatoms. The SMILES string of the molecule is Cc1cccc(C(NN)C(C)(C)C)c1Cl. The highest BCUT2D eigenvalue weighted by Gasteiger charge is 2.27. The van der Waals surface area contributed by atoms with Gasteiger partial charge in [-0.1, -0.05) is 50.6 Å². The Morgan fingerprint density at radius 3 is 2.40 bits per heavy atom. The van der Waals surface area contributed by atoms with Gasteiger partial charge in [-0.05, 0) is 23.5 Å². The van der Waals surface area contributed by atoms with Crippen molar-refractivity contribution in [1.82, 2.24) is 5.43 Å². The van der Waals surface area contributed by atoms with E-state index in [0.29, 0.717) is 0 Å². The van der Waals surface area contributed by atoms with Crippen LogP contribution in [-0.4, -0.2) is 0 Å². The van der Waals surface area contributed by atoms with Crippen molar-refractivity contribution in [3.8, 4) is 0 Å². The maximum absolute atomic E-state index is 6.28. The van der Waals surface area contributed by atoms with Crippen molar-refractivity contribution >= 4 is 11.6 Å². The van der Waals surface area contributed by atoms with Crippen molar-refractivity contribution in [3.05, 3.63) is 34.3 Å². The standard InChI is InChI=1S/C12H19ClN2/c1-8-6-5-7-9(10(8)13)11(15-14)12(2,3)4/h5-7,11,15H,14H2,1-4H3. The summed E-state index contributed by atoms with van der Waals surface area (Å²) in [4.78, 5) is 0. The van der Waals surface area contributed by atoms with Crippen LogP contribution in [0.15, 0.2) is 18.2 Å². The molecule has 3 N–H and O–H groups in total. The monoisotopic (exact) mass is 226 g/mol. The van der Waals surface area contributed by atoms with Gasteiger partial charge in [-0.25, -0.2) is 0 Å². The predicted octanol–water partition coefficient (Wildman–Crippen LogP) is 3.20. The number of halogens is 1. The summed E-state index contributed by atoms with van der Waals surface area (Å²) in [7, 11) is 0. The summed E-state index contributed by atoms with van der Waals surface area (Å²) in [5.41, 5.74) is 5.02. The maximum atomic E-state index is 6.28. The summed E-state index contributed by atoms with van der Waals surface area (Å²) in [5, 5.41) is 0.801. The van der Waals surface area contributed by atoms with Crippen molar-refractivity contribution < 1.29 is 0 Å². The third-order valence-electron chi connectivity index (χ3n) is 2.57. The average Bonchev–Trinajstić information content (AvgIpc) is 2.11. The van der Waals surface area contributed by atoms with Crippen LogP contribution in [0.3, 0.4) is 0 Å². The quantitative estimate of drug-likeness (QED) is 0.601. The zero-order valence-corrected chi connectivity index (χ0v) is 10.5. The van der Waals surface area contributed by atoms with Crippen LogP contribution in [-0.2, 0) is 0 Å². The van der Waals surface area contributed by atoms with E-state index in [0.717, 1.165) is 16.1 Å². The first-order chi connectivity index (χ1) is 6.88. The number of rotatable bonds is 2. The first kappa shape index (κ1) is 12.5. The van der Waals surface area contributed by atoms with E-state index in [9.17, 15) is 0 Å². The summed E-state index contributed by atoms with van der Waals surface area (Å²) in [6, 6.07) is 6.09. The first-order valence-electron chi connectivity index (χ1n) is 5.09. The van der Waals surface area contributed by atoms with Gasteiger partial charge < -0.3 is 0 Å². The fourth-order valence-electron chi connectivity index (χ4n) is 1.70. The van der Waals surface area contributed by atoms with E-state index in [-0.39, 0.29) is 11.5 Å². The molecule has 0 saturated carbocycles. The molecule has 0 heterocycles. The zero-order valence-electron chi connectivity index (χ0n) is 9.76. The summed E-state index contributed by atoms with van der Waals surface area (Å²) in [6.07, 6.45) is 0. The van der Waals surface area contributed by atoms with Crippen molar-refractivity contribution in [3.63, 3.8) is 0 Å². The van der Waals surface area contributed by atoms with Crippen LogP contribution in [0, 0.1) is 12.3 Å². The molecule has 0 aliphatic rings. The largest absolute Gasteiger partial charge is 0.271 e. The Bertz CT molecular complexity index is 342. The smallest absolute Gasteiger partial charge is 0.0523 e. The van der Waals surface area contributed by atoms with Crippen LogP contribution in [0.4, 0.5) is 0 Å². The molecule has 1 aromatic rings. The average molecular weight is 227 g/mol. The topological polar surface area (TPSA) is 38.0 Å². The molecule has 1 aromatic carbocycles. The Balaban J connectivity index is 3.19. The number of hydrogen-bond donors (Lipinski definition) is 2. The Morgan fingerprint density at radius 2 is 1.93 bits per heavy atom. The normalized spacial score (nSPS) is 14.0. The molecule has 0 aliphatic heterocycles. The van der Waals surface area contributed by atoms with E-state index in [2.05, 4.69) is 26.2 Å². The summed E-state index contributed by atoms with van der Waals surface area (Å²) in [5.74, 6) is 5.60. The molecule has 0 fully saturated rings. The second-order valence-electron chi connectivity index (χ2n) is 4.94. The lowest BCUT2D eigenvalue weighted by atomic mass is 9.82. The molecule has 2 nitrogen and oxygen atoms in total. The highest BCUT2D eigenvalue weighted by molar-refractivity contribution is 6.32. The van der Waals surface area contributed by atoms with Gasteiger partial charge in [0.05, 0.1) is 6.04 Å². The Labute approximate surface area is 96.8 Å². The second kappa shape index (κ2) is 4.52. The Kier molecular flexibility index (Phi) is 3.77. The van der Waals surface area contributed by atoms with Gasteiger partial charge in [0.2, 0.25) is 0 Å². The summed E-state index contributed by atoms with van der Waals surface area (Å²) < 4.78 is 0. The third-order valence-corrected chi connectivity index (χ3v) is 3.08. The van der Waals surface area contributed by atoms with E-state index in [1.807, 2.05) is 25.1 Å². The summed E-state index contributed by atoms with van der Waals surface area (Å²) >= 11 is 6.28. The van der Waals surface area contributed by atoms with Gasteiger partial charge in [-0.2, -0.15) is 0 Å². The predicted molar refractivity (Wildman–Crippen MR) is 65.7 cm³/mol. The number of nitrogens with two attached hydrogens (primary N) is 1. The van der Waals surface area contributed by atoms with Gasteiger partial charge in [0.25, 0.3) is 0 Å². The van der Waals surface area contributed by atoms with Crippen molar-refractivity contribution in [2.75, 3.05) is 0 Å². The van der Waals surface area contributed by atoms with Gasteiger partial charge in [0.1, 0.15) is 0 Å². The van der Waals surface area contributed by atoms with Gasteiger partial charge in [0.15, 0.2) is 0 Å². The molecule has 1 unspecified atom stereocenters. The number of benzene rings is 1. The Hall–Kier alpha value is -0.570. The minimum absolute atomic E-state index is 0.0339. The van der Waals surface area contributed by atoms with E-state index >= 15 is 0 Å². The third kappa shape index (κ3) is 2.71. The van der Waals surface area contributed by atoms with E-state index in [1.165, 1.54) is 0 Å². The van der Waals surface area contributed by atoms with Crippen LogP contribution < -0.4 is 11.3 Å². The van der Waals surface area contributed by atoms with Crippen molar-refractivity contribution in [2.45, 2.75) is 33.7 Å². The van der Waals surface area contributed by atoms with Crippen LogP contribution in [0.1, 0.15) is 37.9 Å². The molecule has 0 aliphatic carbocycles. The minimum Gasteiger partial charge on any atom is -0.271 e. The molecule has 0 amide bonds. The lowest BCUT2D eigenvalue weighted by molar-refractivity contribution is 0.275. The molecule has 1 atom stereocenters. The number of nitrogens with one attached hydrogen (secondary N) is 1. The zero-order chi connectivity index (χ0) is 11.6. The minimum atomic E-state index is 0.0339. The second-order valence-corrected chi connectivity index (χ2v) is 5.32. The molecule has 0 saturated heterocycles. The number of aryl methyl sites for hydroxylation is 1. The molecule has 1 rings (SSSR count). The van der Waals surface area contributed by atoms with Crippen LogP contribution >= 0.6 is 11.6 Å². The van der Waals surface area contributed by atoms with Crippen LogP contribution in [0.25, 0.3) is 0 Å². The van der Waals surface area contributed by atoms with Gasteiger partial charge in [-0.15, -0.1) is 0 Å². The van der Waals surface area contributed by atoms with E-state index in [1.54, 1.807) is 0 Å². The highest BCUT2D eigenvalue weighted by atomic mass is 35.5. The molecule has 15 heavy (non-hydrogen) atoms. The van der Waals surface area contributed by atoms with Crippen molar-refractivity contribution in [1.29, 1.82) is 0 Å². The maximum Gasteiger partial charge on any atom is 0.0523 e. The fourth-order valence-corrected chi connectivity index (χ4v) is 1.93. The van der Waals surface area contributed by atoms with Gasteiger partial charge in [0, 0.05) is 5.02 Å². The van der Waals surface area contributed by atoms with Crippen LogP contribution in [0.2, 0.25) is 5.02 Å². The van der Waals surface area contributed by atoms with Crippen LogP contribution in [0.5, 0.6) is 0 Å². The molecule has 0 radical (unpaired) electrons. The first-order valence-corrected chi connectivity index (χ1v) is 5.47. The summed E-state index contributed by atoms with van der Waals surface area (Å²) in [6.45, 7) is 8.41. The molecule has 0 bridgehead atoms. The number of hydrazine groups is 1. The fraction of sp³-hybridized carbons (Fsp3) is 0.500. The molecular formula is C12H19ClN2. The lowest BCUT2D eigenvalue weighted by Gasteiger charge is -2.31. The number of hydrogen-bond acceptors (Lipinski definition) is 2. The van der Waals surface area contributed by atoms with Gasteiger partial charge >= 0.3 is 0 Å². The van der Waals surface area contributed by atoms with Gasteiger partial charge in [-0.3, -0.25) is 11.3 Å². The van der Waals surface area contributed by atoms with E-state index < -0.39 is 0 Å². The molecule has 0 aromatic heterocycles. The molecule has 0 spiro atoms. The molecule has 84 valence electrons. The van der Waals surface area contributed by atoms with E-state index in [4.69, 9.17) is 17.4 Å². The lowest BCUT2D eigenvalue weighted by Crippen LogP contribution is -2.37. The van der Waals surface area contributed by atoms with Crippen molar-refractivity contribution in [2.24, 2.45) is 11.3 Å². The highest BCUT2D eigenvalue weighted by Crippen LogP contribution is 2.36. The molecular weight excluding hydrogens is 208 g/mol.